The fourth-order valence-corrected chi connectivity index (χ4v) is 4.04. The maximum absolute atomic E-state index is 2.50. The monoisotopic (exact) mass is 194 g/mol. The summed E-state index contributed by atoms with van der Waals surface area (Å²) in [6.45, 7) is 12.2. The van der Waals surface area contributed by atoms with E-state index in [1.807, 2.05) is 0 Å². The highest BCUT2D eigenvalue weighted by molar-refractivity contribution is 5.03. The second-order valence-corrected chi connectivity index (χ2v) is 6.30. The van der Waals surface area contributed by atoms with Crippen molar-refractivity contribution in [3.8, 4) is 0 Å². The molecule has 0 heteroatoms. The average Bonchev–Trinajstić information content (AvgIpc) is 2.09. The van der Waals surface area contributed by atoms with Crippen molar-refractivity contribution in [2.24, 2.45) is 41.4 Å². The molecule has 0 radical (unpaired) electrons. The summed E-state index contributed by atoms with van der Waals surface area (Å²) in [5.41, 5.74) is 0. The van der Waals surface area contributed by atoms with Gasteiger partial charge in [-0.1, -0.05) is 34.6 Å². The van der Waals surface area contributed by atoms with Crippen molar-refractivity contribution in [3.05, 3.63) is 0 Å². The molecule has 2 saturated carbocycles. The van der Waals surface area contributed by atoms with Gasteiger partial charge in [-0.25, -0.2) is 0 Å². The van der Waals surface area contributed by atoms with Crippen LogP contribution in [0.5, 0.6) is 0 Å². The summed E-state index contributed by atoms with van der Waals surface area (Å²) in [5.74, 6) is 7.06. The van der Waals surface area contributed by atoms with Crippen LogP contribution in [0.2, 0.25) is 0 Å². The van der Waals surface area contributed by atoms with Gasteiger partial charge < -0.3 is 0 Å². The van der Waals surface area contributed by atoms with E-state index in [0.29, 0.717) is 0 Å². The van der Waals surface area contributed by atoms with E-state index in [1.54, 1.807) is 0 Å². The zero-order chi connectivity index (χ0) is 10.5. The molecule has 0 aliphatic heterocycles. The van der Waals surface area contributed by atoms with Crippen LogP contribution in [0.15, 0.2) is 0 Å². The molecule has 0 spiro atoms. The summed E-state index contributed by atoms with van der Waals surface area (Å²) >= 11 is 0. The molecule has 2 aliphatic carbocycles. The first-order valence-corrected chi connectivity index (χ1v) is 6.54. The van der Waals surface area contributed by atoms with E-state index in [1.165, 1.54) is 12.8 Å². The Morgan fingerprint density at radius 1 is 0.929 bits per heavy atom. The van der Waals surface area contributed by atoms with Gasteiger partial charge in [0.2, 0.25) is 0 Å². The van der Waals surface area contributed by atoms with E-state index >= 15 is 0 Å². The van der Waals surface area contributed by atoms with Gasteiger partial charge in [-0.05, 0) is 54.3 Å². The van der Waals surface area contributed by atoms with E-state index < -0.39 is 0 Å². The molecule has 0 saturated heterocycles. The van der Waals surface area contributed by atoms with Crippen LogP contribution in [-0.4, -0.2) is 0 Å². The van der Waals surface area contributed by atoms with E-state index in [-0.39, 0.29) is 0 Å². The number of fused-ring (bicyclic) bond motifs is 1. The van der Waals surface area contributed by atoms with Crippen molar-refractivity contribution in [1.29, 1.82) is 0 Å². The standard InChI is InChI=1S/C14H26/c1-8(2)9(3)10(4)14-11(5)12-6-7-13(12)14/h8-14H,6-7H2,1-5H3. The molecule has 6 atom stereocenters. The van der Waals surface area contributed by atoms with Crippen LogP contribution in [0.4, 0.5) is 0 Å². The lowest BCUT2D eigenvalue weighted by Crippen LogP contribution is -2.55. The summed E-state index contributed by atoms with van der Waals surface area (Å²) in [5, 5.41) is 0. The lowest BCUT2D eigenvalue weighted by Gasteiger charge is -2.61. The first kappa shape index (κ1) is 10.5. The minimum absolute atomic E-state index is 0.858. The van der Waals surface area contributed by atoms with Gasteiger partial charge in [-0.15, -0.1) is 0 Å². The second-order valence-electron chi connectivity index (χ2n) is 6.30. The smallest absolute Gasteiger partial charge is 0.0326 e. The summed E-state index contributed by atoms with van der Waals surface area (Å²) in [4.78, 5) is 0. The normalized spacial score (nSPS) is 45.0. The minimum atomic E-state index is 0.858. The molecular formula is C14H26. The number of hydrogen-bond acceptors (Lipinski definition) is 0. The summed E-state index contributed by atoms with van der Waals surface area (Å²) in [6.07, 6.45) is 3.07. The van der Waals surface area contributed by atoms with Crippen LogP contribution in [0.1, 0.15) is 47.5 Å². The fraction of sp³-hybridized carbons (Fsp3) is 1.00. The number of rotatable bonds is 3. The third-order valence-electron chi connectivity index (χ3n) is 5.65. The third-order valence-corrected chi connectivity index (χ3v) is 5.65. The molecule has 0 aromatic rings. The maximum Gasteiger partial charge on any atom is -0.0326 e. The molecule has 6 unspecified atom stereocenters. The van der Waals surface area contributed by atoms with Crippen molar-refractivity contribution in [1.82, 2.24) is 0 Å². The minimum Gasteiger partial charge on any atom is -0.0625 e. The highest BCUT2D eigenvalue weighted by atomic mass is 14.6. The Balaban J connectivity index is 1.95. The molecule has 2 fully saturated rings. The molecule has 0 aromatic carbocycles. The zero-order valence-electron chi connectivity index (χ0n) is 10.5. The molecule has 0 heterocycles. The molecule has 2 rings (SSSR count). The van der Waals surface area contributed by atoms with Crippen LogP contribution in [0.3, 0.4) is 0 Å². The molecule has 0 amide bonds. The van der Waals surface area contributed by atoms with Crippen molar-refractivity contribution in [3.63, 3.8) is 0 Å². The van der Waals surface area contributed by atoms with Gasteiger partial charge in [0, 0.05) is 0 Å². The molecule has 0 N–H and O–H groups in total. The Morgan fingerprint density at radius 3 is 1.86 bits per heavy atom. The Labute approximate surface area is 89.5 Å². The molecule has 0 aromatic heterocycles. The van der Waals surface area contributed by atoms with Gasteiger partial charge in [0.1, 0.15) is 0 Å². The molecule has 82 valence electrons. The van der Waals surface area contributed by atoms with Crippen LogP contribution in [0, 0.1) is 41.4 Å². The highest BCUT2D eigenvalue weighted by Gasteiger charge is 2.54. The lowest BCUT2D eigenvalue weighted by atomic mass is 9.44. The summed E-state index contributed by atoms with van der Waals surface area (Å²) in [7, 11) is 0. The molecule has 14 heavy (non-hydrogen) atoms. The van der Waals surface area contributed by atoms with Gasteiger partial charge in [0.25, 0.3) is 0 Å². The van der Waals surface area contributed by atoms with Crippen LogP contribution >= 0.6 is 0 Å². The van der Waals surface area contributed by atoms with E-state index in [4.69, 9.17) is 0 Å². The summed E-state index contributed by atoms with van der Waals surface area (Å²) < 4.78 is 0. The topological polar surface area (TPSA) is 0 Å². The predicted octanol–water partition coefficient (Wildman–Crippen LogP) is 4.21. The van der Waals surface area contributed by atoms with E-state index in [0.717, 1.165) is 41.4 Å². The third kappa shape index (κ3) is 1.33. The van der Waals surface area contributed by atoms with Crippen molar-refractivity contribution in [2.75, 3.05) is 0 Å². The first-order valence-electron chi connectivity index (χ1n) is 6.54. The first-order chi connectivity index (χ1) is 6.54. The van der Waals surface area contributed by atoms with E-state index in [9.17, 15) is 0 Å². The van der Waals surface area contributed by atoms with Crippen LogP contribution in [-0.2, 0) is 0 Å². The Kier molecular flexibility index (Phi) is 2.66. The van der Waals surface area contributed by atoms with Crippen molar-refractivity contribution < 1.29 is 0 Å². The quantitative estimate of drug-likeness (QED) is 0.631. The van der Waals surface area contributed by atoms with E-state index in [2.05, 4.69) is 34.6 Å². The zero-order valence-corrected chi connectivity index (χ0v) is 10.5. The maximum atomic E-state index is 2.50. The van der Waals surface area contributed by atoms with Gasteiger partial charge in [0.05, 0.1) is 0 Å². The number of hydrogen-bond donors (Lipinski definition) is 0. The van der Waals surface area contributed by atoms with Gasteiger partial charge in [-0.2, -0.15) is 0 Å². The second kappa shape index (κ2) is 3.54. The van der Waals surface area contributed by atoms with Crippen LogP contribution in [0.25, 0.3) is 0 Å². The highest BCUT2D eigenvalue weighted by Crippen LogP contribution is 2.61. The lowest BCUT2D eigenvalue weighted by molar-refractivity contribution is -0.130. The molecular weight excluding hydrogens is 168 g/mol. The summed E-state index contributed by atoms with van der Waals surface area (Å²) in [6, 6.07) is 0. The van der Waals surface area contributed by atoms with Crippen molar-refractivity contribution in [2.45, 2.75) is 47.5 Å². The Morgan fingerprint density at radius 2 is 1.50 bits per heavy atom. The van der Waals surface area contributed by atoms with Gasteiger partial charge in [0.15, 0.2) is 0 Å². The molecule has 0 bridgehead atoms. The predicted molar refractivity (Wildman–Crippen MR) is 62.0 cm³/mol. The SMILES string of the molecule is CC(C)C(C)C(C)C1C(C)C2CCC21. The van der Waals surface area contributed by atoms with Crippen LogP contribution < -0.4 is 0 Å². The van der Waals surface area contributed by atoms with Gasteiger partial charge in [-0.3, -0.25) is 0 Å². The Bertz CT molecular complexity index is 200. The molecule has 2 aliphatic rings. The van der Waals surface area contributed by atoms with Crippen molar-refractivity contribution >= 4 is 0 Å². The Hall–Kier alpha value is 0. The average molecular weight is 194 g/mol. The molecule has 0 nitrogen and oxygen atoms in total. The fourth-order valence-electron chi connectivity index (χ4n) is 4.04. The largest absolute Gasteiger partial charge is 0.0625 e. The van der Waals surface area contributed by atoms with Gasteiger partial charge >= 0.3 is 0 Å².